The van der Waals surface area contributed by atoms with Crippen LogP contribution in [-0.4, -0.2) is 14.0 Å². The van der Waals surface area contributed by atoms with Crippen LogP contribution in [0.4, 0.5) is 0 Å². The molecule has 1 unspecified atom stereocenters. The highest BCUT2D eigenvalue weighted by Gasteiger charge is 2.23. The number of rotatable bonds is 3. The lowest BCUT2D eigenvalue weighted by Crippen LogP contribution is -2.09. The summed E-state index contributed by atoms with van der Waals surface area (Å²) in [6.45, 7) is 0. The molecule has 0 spiro atoms. The third-order valence-corrected chi connectivity index (χ3v) is 9.63. The van der Waals surface area contributed by atoms with Gasteiger partial charge in [-0.2, -0.15) is 5.26 Å². The average Bonchev–Trinajstić information content (AvgIpc) is 3.78. The minimum atomic E-state index is -0.118. The molecule has 0 fully saturated rings. The average molecular weight is 603 g/mol. The van der Waals surface area contributed by atoms with E-state index in [1.54, 1.807) is 0 Å². The van der Waals surface area contributed by atoms with Crippen LogP contribution < -0.4 is 0 Å². The monoisotopic (exact) mass is 602 g/mol. The van der Waals surface area contributed by atoms with E-state index in [0.717, 1.165) is 50.2 Å². The third-order valence-electron chi connectivity index (χ3n) is 9.63. The van der Waals surface area contributed by atoms with E-state index in [0.29, 0.717) is 6.42 Å². The van der Waals surface area contributed by atoms with Crippen LogP contribution in [0, 0.1) is 17.2 Å². The van der Waals surface area contributed by atoms with Crippen LogP contribution in [0.1, 0.15) is 11.3 Å². The van der Waals surface area contributed by atoms with Crippen LogP contribution in [-0.2, 0) is 6.42 Å². The van der Waals surface area contributed by atoms with Gasteiger partial charge in [-0.25, -0.2) is 4.98 Å². The van der Waals surface area contributed by atoms with Crippen LogP contribution in [0.3, 0.4) is 0 Å². The summed E-state index contributed by atoms with van der Waals surface area (Å²) in [6, 6.07) is 45.2. The molecule has 10 rings (SSSR count). The molecule has 1 atom stereocenters. The Kier molecular flexibility index (Phi) is 5.40. The molecule has 4 heterocycles. The largest absolute Gasteiger partial charge is 0.437 e. The molecule has 0 N–H and O–H groups in total. The van der Waals surface area contributed by atoms with Crippen molar-refractivity contribution in [3.63, 3.8) is 0 Å². The van der Waals surface area contributed by atoms with Gasteiger partial charge in [-0.1, -0.05) is 72.8 Å². The van der Waals surface area contributed by atoms with Gasteiger partial charge in [0.1, 0.15) is 16.7 Å². The van der Waals surface area contributed by atoms with Gasteiger partial charge in [0.15, 0.2) is 0 Å². The smallest absolute Gasteiger partial charge is 0.232 e. The number of imidazole rings is 1. The second-order valence-corrected chi connectivity index (χ2v) is 12.3. The summed E-state index contributed by atoms with van der Waals surface area (Å²) in [5.41, 5.74) is 12.7. The Bertz CT molecular complexity index is 2790. The molecule has 220 valence electrons. The Hall–Kier alpha value is -6.38. The molecule has 0 bridgehead atoms. The molecule has 0 aliphatic heterocycles. The van der Waals surface area contributed by atoms with Crippen molar-refractivity contribution in [3.8, 4) is 34.0 Å². The zero-order valence-corrected chi connectivity index (χ0v) is 25.3. The predicted octanol–water partition coefficient (Wildman–Crippen LogP) is 10.4. The molecule has 5 nitrogen and oxygen atoms in total. The Labute approximate surface area is 269 Å². The molecule has 0 saturated heterocycles. The van der Waals surface area contributed by atoms with Crippen molar-refractivity contribution < 1.29 is 4.42 Å². The fourth-order valence-corrected chi connectivity index (χ4v) is 7.31. The lowest BCUT2D eigenvalue weighted by atomic mass is 9.93. The molecule has 4 aromatic heterocycles. The number of nitriles is 1. The number of benzene rings is 5. The molecular weight excluding hydrogens is 576 g/mol. The van der Waals surface area contributed by atoms with E-state index < -0.39 is 0 Å². The van der Waals surface area contributed by atoms with Crippen molar-refractivity contribution in [2.24, 2.45) is 5.92 Å². The molecule has 0 amide bonds. The number of furan rings is 1. The highest BCUT2D eigenvalue weighted by atomic mass is 16.3. The first-order valence-corrected chi connectivity index (χ1v) is 15.9. The first kappa shape index (κ1) is 25.9. The van der Waals surface area contributed by atoms with E-state index in [4.69, 9.17) is 9.40 Å². The Balaban J connectivity index is 1.05. The third kappa shape index (κ3) is 3.92. The summed E-state index contributed by atoms with van der Waals surface area (Å²) in [6.07, 6.45) is 7.01. The van der Waals surface area contributed by atoms with Crippen LogP contribution in [0.2, 0.25) is 0 Å². The van der Waals surface area contributed by atoms with Gasteiger partial charge in [-0.15, -0.1) is 0 Å². The highest BCUT2D eigenvalue weighted by molar-refractivity contribution is 6.03. The molecular formula is C42H26N4O. The van der Waals surface area contributed by atoms with Gasteiger partial charge in [-0.05, 0) is 93.7 Å². The first-order valence-electron chi connectivity index (χ1n) is 15.9. The van der Waals surface area contributed by atoms with E-state index in [9.17, 15) is 5.26 Å². The Morgan fingerprint density at radius 1 is 0.723 bits per heavy atom. The molecule has 0 saturated carbocycles. The van der Waals surface area contributed by atoms with Gasteiger partial charge >= 0.3 is 0 Å². The standard InChI is InChI=1S/C42H26N4O/c43-24-26-10-17-34-36-23-31(15-18-37(36)46(38(34)20-26)33-6-2-1-3-7-33)29-12-11-28-22-30(14-13-27(28)21-29)32-16-19-40-44-41-35-8-4-5-9-39(35)47-42(41)45(40)25-32/h1-19,21-23,25-26H,20H2. The minimum absolute atomic E-state index is 0.118. The molecule has 1 aliphatic carbocycles. The minimum Gasteiger partial charge on any atom is -0.437 e. The number of nitrogens with zero attached hydrogens (tertiary/aromatic N) is 4. The summed E-state index contributed by atoms with van der Waals surface area (Å²) >= 11 is 0. The zero-order valence-electron chi connectivity index (χ0n) is 25.3. The lowest BCUT2D eigenvalue weighted by molar-refractivity contribution is 0.649. The number of hydrogen-bond donors (Lipinski definition) is 0. The fourth-order valence-electron chi connectivity index (χ4n) is 7.31. The molecule has 5 aromatic carbocycles. The van der Waals surface area contributed by atoms with Crippen molar-refractivity contribution in [3.05, 3.63) is 145 Å². The maximum absolute atomic E-state index is 9.69. The van der Waals surface area contributed by atoms with E-state index >= 15 is 0 Å². The molecule has 9 aromatic rings. The van der Waals surface area contributed by atoms with Crippen LogP contribution in [0.15, 0.2) is 138 Å². The molecule has 1 aliphatic rings. The van der Waals surface area contributed by atoms with Crippen molar-refractivity contribution >= 4 is 55.6 Å². The maximum atomic E-state index is 9.69. The first-order chi connectivity index (χ1) is 23.2. The topological polar surface area (TPSA) is 59.2 Å². The number of allylic oxidation sites excluding steroid dienone is 1. The highest BCUT2D eigenvalue weighted by Crippen LogP contribution is 2.38. The predicted molar refractivity (Wildman–Crippen MR) is 190 cm³/mol. The number of aromatic nitrogens is 3. The van der Waals surface area contributed by atoms with E-state index in [2.05, 4.69) is 120 Å². The molecule has 5 heteroatoms. The van der Waals surface area contributed by atoms with Crippen molar-refractivity contribution in [2.75, 3.05) is 0 Å². The van der Waals surface area contributed by atoms with E-state index in [1.165, 1.54) is 38.5 Å². The van der Waals surface area contributed by atoms with Gasteiger partial charge in [0.05, 0.1) is 17.5 Å². The summed E-state index contributed by atoms with van der Waals surface area (Å²) in [5, 5.41) is 14.3. The van der Waals surface area contributed by atoms with Gasteiger partial charge in [-0.3, -0.25) is 4.40 Å². The number of para-hydroxylation sites is 2. The van der Waals surface area contributed by atoms with Crippen molar-refractivity contribution in [2.45, 2.75) is 6.42 Å². The van der Waals surface area contributed by atoms with Crippen molar-refractivity contribution in [1.82, 2.24) is 14.0 Å². The van der Waals surface area contributed by atoms with Gasteiger partial charge in [0, 0.05) is 40.3 Å². The van der Waals surface area contributed by atoms with Crippen molar-refractivity contribution in [1.29, 1.82) is 5.26 Å². The summed E-state index contributed by atoms with van der Waals surface area (Å²) in [4.78, 5) is 4.84. The summed E-state index contributed by atoms with van der Waals surface area (Å²) < 4.78 is 10.6. The van der Waals surface area contributed by atoms with Crippen LogP contribution in [0.5, 0.6) is 0 Å². The number of pyridine rings is 1. The zero-order chi connectivity index (χ0) is 31.1. The summed E-state index contributed by atoms with van der Waals surface area (Å²) in [7, 11) is 0. The lowest BCUT2D eigenvalue weighted by Gasteiger charge is -2.15. The molecule has 0 radical (unpaired) electrons. The second-order valence-electron chi connectivity index (χ2n) is 12.3. The maximum Gasteiger partial charge on any atom is 0.232 e. The van der Waals surface area contributed by atoms with Gasteiger partial charge in [0.2, 0.25) is 5.71 Å². The summed E-state index contributed by atoms with van der Waals surface area (Å²) in [5.74, 6) is -0.118. The second kappa shape index (κ2) is 9.81. The number of hydrogen-bond acceptors (Lipinski definition) is 3. The van der Waals surface area contributed by atoms with E-state index in [-0.39, 0.29) is 5.92 Å². The number of fused-ring (bicyclic) bond motifs is 9. The van der Waals surface area contributed by atoms with Gasteiger partial charge < -0.3 is 8.98 Å². The quantitative estimate of drug-likeness (QED) is 0.202. The normalized spacial score (nSPS) is 14.4. The van der Waals surface area contributed by atoms with Gasteiger partial charge in [0.25, 0.3) is 0 Å². The molecule has 47 heavy (non-hydrogen) atoms. The van der Waals surface area contributed by atoms with Crippen LogP contribution >= 0.6 is 0 Å². The Morgan fingerprint density at radius 3 is 2.28 bits per heavy atom. The SMILES string of the molecule is N#CC1C=Cc2c(n(-c3ccccc3)c3ccc(-c4ccc5cc(-c6ccc7nc8c9ccccc9oc8n7c6)ccc5c4)cc23)C1. The Morgan fingerprint density at radius 2 is 1.45 bits per heavy atom. The fraction of sp³-hybridized carbons (Fsp3) is 0.0476. The van der Waals surface area contributed by atoms with E-state index in [1.807, 2.05) is 34.7 Å². The van der Waals surface area contributed by atoms with Crippen LogP contribution in [0.25, 0.3) is 83.5 Å².